The molecule has 0 aliphatic heterocycles. The van der Waals surface area contributed by atoms with E-state index in [4.69, 9.17) is 28.4 Å². The van der Waals surface area contributed by atoms with Crippen LogP contribution in [0.5, 0.6) is 0 Å². The molecule has 0 bridgehead atoms. The van der Waals surface area contributed by atoms with Crippen LogP contribution in [-0.2, 0) is 83.7 Å². The Morgan fingerprint density at radius 3 is 0.893 bits per heavy atom. The predicted molar refractivity (Wildman–Crippen MR) is 127 cm³/mol. The molecule has 0 atom stereocenters. The number of hydrogen-bond acceptors (Lipinski definition) is 12. The van der Waals surface area contributed by atoms with Crippen LogP contribution in [0.3, 0.4) is 0 Å². The maximum absolute atomic E-state index is 4.95. The number of rotatable bonds is 12. The van der Waals surface area contributed by atoms with Gasteiger partial charge < -0.3 is 103 Å². The Morgan fingerprint density at radius 2 is 0.750 bits per heavy atom. The molecule has 0 saturated carbocycles. The molecule has 165 valence electrons. The van der Waals surface area contributed by atoms with Gasteiger partial charge >= 0.3 is 17.4 Å². The average Bonchev–Trinajstić information content (AvgIpc) is 2.60. The number of thiocarbonyl (C=S) groups is 3. The Kier molecular flexibility index (Phi) is 41.8. The van der Waals surface area contributed by atoms with Crippen LogP contribution >= 0.6 is 36.7 Å². The molecule has 0 spiro atoms. The van der Waals surface area contributed by atoms with Gasteiger partial charge in [0.15, 0.2) is 0 Å². The first-order chi connectivity index (χ1) is 12.8. The van der Waals surface area contributed by atoms with E-state index in [1.54, 1.807) is 0 Å². The van der Waals surface area contributed by atoms with E-state index < -0.39 is 0 Å². The fraction of sp³-hybridized carbons (Fsp3) is 0.800. The topological polar surface area (TPSA) is 55.4 Å². The van der Waals surface area contributed by atoms with Crippen molar-refractivity contribution in [2.45, 2.75) is 20.8 Å². The maximum atomic E-state index is 4.95. The van der Waals surface area contributed by atoms with Gasteiger partial charge in [-0.3, -0.25) is 0 Å². The zero-order valence-electron chi connectivity index (χ0n) is 16.2. The molecular formula is C15H27CrO6S6. The van der Waals surface area contributed by atoms with E-state index in [0.717, 1.165) is 0 Å². The molecule has 0 aromatic rings. The molecule has 0 fully saturated rings. The zero-order chi connectivity index (χ0) is 21.3. The first-order valence-electron chi connectivity index (χ1n) is 8.06. The standard InChI is InChI=1S/3C5H10O2S2.Cr/c3*1-2-6-3-4-7-5(8)9;/h3*2-4H2,1H3,(H,8,9);/q;;;+3/p-3. The summed E-state index contributed by atoms with van der Waals surface area (Å²) < 4.78 is 29.6. The van der Waals surface area contributed by atoms with Crippen LogP contribution in [0.25, 0.3) is 0 Å². The summed E-state index contributed by atoms with van der Waals surface area (Å²) in [5.41, 5.74) is 0. The van der Waals surface area contributed by atoms with Crippen LogP contribution in [-0.4, -0.2) is 72.6 Å². The SMILES string of the molecule is CCOCCOC(=S)[S-].CCOCCOC(=S)[S-].CCOCCOC(=S)[S-].[Cr+3]. The Labute approximate surface area is 212 Å². The summed E-state index contributed by atoms with van der Waals surface area (Å²) in [5.74, 6) is 0. The van der Waals surface area contributed by atoms with Crippen molar-refractivity contribution >= 4 is 87.7 Å². The molecule has 0 aromatic carbocycles. The summed E-state index contributed by atoms with van der Waals surface area (Å²) in [5, 5.41) is 0. The molecule has 6 nitrogen and oxygen atoms in total. The minimum absolute atomic E-state index is 0. The van der Waals surface area contributed by atoms with Crippen LogP contribution in [0.1, 0.15) is 20.8 Å². The minimum atomic E-state index is 0. The second-order valence-corrected chi connectivity index (χ2v) is 6.89. The van der Waals surface area contributed by atoms with Gasteiger partial charge in [-0.15, -0.1) is 0 Å². The van der Waals surface area contributed by atoms with Crippen molar-refractivity contribution < 1.29 is 45.8 Å². The molecule has 0 aliphatic carbocycles. The average molecular weight is 548 g/mol. The summed E-state index contributed by atoms with van der Waals surface area (Å²) in [6, 6.07) is 0. The predicted octanol–water partition coefficient (Wildman–Crippen LogP) is 2.61. The summed E-state index contributed by atoms with van der Waals surface area (Å²) in [7, 11) is 0. The van der Waals surface area contributed by atoms with Gasteiger partial charge in [-0.2, -0.15) is 0 Å². The van der Waals surface area contributed by atoms with Crippen molar-refractivity contribution in [2.75, 3.05) is 59.5 Å². The zero-order valence-corrected chi connectivity index (χ0v) is 22.3. The molecule has 0 saturated heterocycles. The molecule has 0 N–H and O–H groups in total. The van der Waals surface area contributed by atoms with Gasteiger partial charge in [0.2, 0.25) is 0 Å². The molecule has 0 heterocycles. The van der Waals surface area contributed by atoms with Crippen LogP contribution in [0, 0.1) is 0 Å². The molecule has 0 rings (SSSR count). The Morgan fingerprint density at radius 1 is 0.536 bits per heavy atom. The van der Waals surface area contributed by atoms with Crippen molar-refractivity contribution in [3.8, 4) is 0 Å². The molecule has 28 heavy (non-hydrogen) atoms. The largest absolute Gasteiger partial charge is 3.00 e. The van der Waals surface area contributed by atoms with Crippen LogP contribution in [0.15, 0.2) is 0 Å². The first-order valence-corrected chi connectivity index (χ1v) is 10.5. The number of ether oxygens (including phenoxy) is 6. The summed E-state index contributed by atoms with van der Waals surface area (Å²) in [6.07, 6.45) is 0. The van der Waals surface area contributed by atoms with Crippen molar-refractivity contribution in [1.82, 2.24) is 0 Å². The molecule has 13 heteroatoms. The van der Waals surface area contributed by atoms with Crippen LogP contribution < -0.4 is 0 Å². The Hall–Kier alpha value is 0.742. The van der Waals surface area contributed by atoms with E-state index in [2.05, 4.69) is 74.5 Å². The molecule has 0 aromatic heterocycles. The third kappa shape index (κ3) is 50.4. The third-order valence-electron chi connectivity index (χ3n) is 1.96. The van der Waals surface area contributed by atoms with Gasteiger partial charge in [-0.05, 0) is 20.8 Å². The van der Waals surface area contributed by atoms with Gasteiger partial charge in [-0.1, -0.05) is 0 Å². The van der Waals surface area contributed by atoms with Gasteiger partial charge in [0.1, 0.15) is 19.8 Å². The second-order valence-electron chi connectivity index (χ2n) is 3.89. The van der Waals surface area contributed by atoms with Gasteiger partial charge in [0.05, 0.1) is 19.8 Å². The fourth-order valence-corrected chi connectivity index (χ4v) is 1.48. The first kappa shape index (κ1) is 36.1. The molecule has 0 aliphatic rings. The Balaban J connectivity index is -0.000000152. The maximum Gasteiger partial charge on any atom is 3.00 e. The van der Waals surface area contributed by atoms with Crippen LogP contribution in [0.4, 0.5) is 0 Å². The van der Waals surface area contributed by atoms with Crippen molar-refractivity contribution in [3.63, 3.8) is 0 Å². The second kappa shape index (κ2) is 32.4. The quantitative estimate of drug-likeness (QED) is 0.205. The van der Waals surface area contributed by atoms with E-state index in [1.807, 2.05) is 20.8 Å². The normalized spacial score (nSPS) is 8.68. The Bertz CT molecular complexity index is 314. The van der Waals surface area contributed by atoms with E-state index >= 15 is 0 Å². The van der Waals surface area contributed by atoms with Gasteiger partial charge in [-0.25, -0.2) is 0 Å². The molecular weight excluding hydrogens is 521 g/mol. The van der Waals surface area contributed by atoms with Crippen molar-refractivity contribution in [2.24, 2.45) is 0 Å². The summed E-state index contributed by atoms with van der Waals surface area (Å²) in [6.45, 7) is 11.0. The molecule has 0 amide bonds. The smallest absolute Gasteiger partial charge is 0.511 e. The van der Waals surface area contributed by atoms with Gasteiger partial charge in [0.25, 0.3) is 0 Å². The van der Waals surface area contributed by atoms with E-state index in [9.17, 15) is 0 Å². The monoisotopic (exact) mass is 547 g/mol. The summed E-state index contributed by atoms with van der Waals surface area (Å²) in [4.78, 5) is 0. The molecule has 0 unspecified atom stereocenters. The number of hydrogen-bond donors (Lipinski definition) is 0. The van der Waals surface area contributed by atoms with Crippen LogP contribution in [0.2, 0.25) is 0 Å². The third-order valence-corrected chi connectivity index (χ3v) is 2.66. The van der Waals surface area contributed by atoms with E-state index in [-0.39, 0.29) is 30.5 Å². The minimum Gasteiger partial charge on any atom is -0.511 e. The van der Waals surface area contributed by atoms with Crippen molar-refractivity contribution in [1.29, 1.82) is 0 Å². The summed E-state index contributed by atoms with van der Waals surface area (Å²) >= 11 is 26.9. The fourth-order valence-electron chi connectivity index (χ4n) is 0.985. The van der Waals surface area contributed by atoms with Gasteiger partial charge in [0, 0.05) is 33.0 Å². The van der Waals surface area contributed by atoms with E-state index in [0.29, 0.717) is 59.5 Å². The van der Waals surface area contributed by atoms with Crippen molar-refractivity contribution in [3.05, 3.63) is 0 Å². The van der Waals surface area contributed by atoms with E-state index in [1.165, 1.54) is 0 Å². The molecule has 1 radical (unpaired) electrons.